The Kier molecular flexibility index (Phi) is 5.19. The van der Waals surface area contributed by atoms with E-state index in [1.165, 1.54) is 38.5 Å². The highest BCUT2D eigenvalue weighted by atomic mass is 32.2. The molecule has 1 aromatic rings. The maximum absolute atomic E-state index is 13.3. The van der Waals surface area contributed by atoms with Crippen molar-refractivity contribution in [1.29, 1.82) is 0 Å². The van der Waals surface area contributed by atoms with Gasteiger partial charge in [0.1, 0.15) is 0 Å². The largest absolute Gasteiger partial charge is 0.240 e. The molecule has 4 bridgehead atoms. The van der Waals surface area contributed by atoms with Crippen LogP contribution in [0.15, 0.2) is 29.2 Å². The minimum atomic E-state index is -3.49. The van der Waals surface area contributed by atoms with E-state index in [0.29, 0.717) is 4.90 Å². The Labute approximate surface area is 171 Å². The lowest BCUT2D eigenvalue weighted by molar-refractivity contribution is -0.0712. The van der Waals surface area contributed by atoms with Gasteiger partial charge in [-0.2, -0.15) is 0 Å². The standard InChI is InChI=1S/C24H37NO2S/c1-5-6-22(24-14-17-11-18(15-24)13-19(12-17)16-24)25-28(26,27)21-9-7-20(8-10-21)23(2,3)4/h7-10,17-19,22,25H,5-6,11-16H2,1-4H3. The minimum absolute atomic E-state index is 0.0274. The zero-order valence-electron chi connectivity index (χ0n) is 18.0. The molecule has 0 aromatic heterocycles. The van der Waals surface area contributed by atoms with Crippen molar-refractivity contribution in [2.24, 2.45) is 23.2 Å². The molecule has 0 heterocycles. The van der Waals surface area contributed by atoms with Gasteiger partial charge in [-0.05, 0) is 91.2 Å². The summed E-state index contributed by atoms with van der Waals surface area (Å²) in [6.07, 6.45) is 9.83. The van der Waals surface area contributed by atoms with Crippen LogP contribution in [0.4, 0.5) is 0 Å². The SMILES string of the molecule is CCCC(NS(=O)(=O)c1ccc(C(C)(C)C)cc1)C12CC3CC(CC(C3)C1)C2. The first-order valence-electron chi connectivity index (χ1n) is 11.2. The highest BCUT2D eigenvalue weighted by Gasteiger charge is 2.54. The monoisotopic (exact) mass is 403 g/mol. The van der Waals surface area contributed by atoms with E-state index in [9.17, 15) is 8.42 Å². The van der Waals surface area contributed by atoms with E-state index in [4.69, 9.17) is 0 Å². The molecule has 156 valence electrons. The Balaban J connectivity index is 1.58. The molecule has 0 radical (unpaired) electrons. The van der Waals surface area contributed by atoms with Crippen LogP contribution in [-0.4, -0.2) is 14.5 Å². The Morgan fingerprint density at radius 1 is 1.00 bits per heavy atom. The van der Waals surface area contributed by atoms with E-state index in [1.807, 2.05) is 12.1 Å². The van der Waals surface area contributed by atoms with E-state index in [-0.39, 0.29) is 16.9 Å². The van der Waals surface area contributed by atoms with E-state index in [2.05, 4.69) is 32.4 Å². The van der Waals surface area contributed by atoms with E-state index < -0.39 is 10.0 Å². The molecule has 4 fully saturated rings. The highest BCUT2D eigenvalue weighted by molar-refractivity contribution is 7.89. The van der Waals surface area contributed by atoms with Crippen molar-refractivity contribution in [3.05, 3.63) is 29.8 Å². The number of nitrogens with one attached hydrogen (secondary N) is 1. The maximum Gasteiger partial charge on any atom is 0.240 e. The van der Waals surface area contributed by atoms with Crippen LogP contribution in [0.25, 0.3) is 0 Å². The molecule has 0 spiro atoms. The van der Waals surface area contributed by atoms with Crippen molar-refractivity contribution in [2.45, 2.75) is 95.4 Å². The summed E-state index contributed by atoms with van der Waals surface area (Å²) >= 11 is 0. The van der Waals surface area contributed by atoms with Gasteiger partial charge in [0.25, 0.3) is 0 Å². The lowest BCUT2D eigenvalue weighted by atomic mass is 9.47. The van der Waals surface area contributed by atoms with Gasteiger partial charge in [0.15, 0.2) is 0 Å². The molecule has 3 nitrogen and oxygen atoms in total. The molecule has 0 saturated heterocycles. The van der Waals surface area contributed by atoms with Crippen molar-refractivity contribution in [3.8, 4) is 0 Å². The molecule has 4 saturated carbocycles. The molecule has 1 atom stereocenters. The first-order valence-corrected chi connectivity index (χ1v) is 12.7. The summed E-state index contributed by atoms with van der Waals surface area (Å²) in [5.74, 6) is 2.50. The van der Waals surface area contributed by atoms with Gasteiger partial charge < -0.3 is 0 Å². The van der Waals surface area contributed by atoms with Gasteiger partial charge in [-0.15, -0.1) is 0 Å². The van der Waals surface area contributed by atoms with Crippen LogP contribution in [0.3, 0.4) is 0 Å². The van der Waals surface area contributed by atoms with Gasteiger partial charge in [-0.3, -0.25) is 0 Å². The molecule has 28 heavy (non-hydrogen) atoms. The van der Waals surface area contributed by atoms with Crippen LogP contribution in [0.5, 0.6) is 0 Å². The Morgan fingerprint density at radius 3 is 1.93 bits per heavy atom. The molecular formula is C24H37NO2S. The van der Waals surface area contributed by atoms with Gasteiger partial charge in [0.2, 0.25) is 10.0 Å². The lowest BCUT2D eigenvalue weighted by Gasteiger charge is -2.59. The van der Waals surface area contributed by atoms with Crippen molar-refractivity contribution in [3.63, 3.8) is 0 Å². The molecule has 0 aliphatic heterocycles. The van der Waals surface area contributed by atoms with E-state index in [1.54, 1.807) is 12.1 Å². The third-order valence-electron chi connectivity index (χ3n) is 7.73. The van der Waals surface area contributed by atoms with Crippen LogP contribution >= 0.6 is 0 Å². The summed E-state index contributed by atoms with van der Waals surface area (Å²) in [6.45, 7) is 8.64. The van der Waals surface area contributed by atoms with Crippen LogP contribution in [0.2, 0.25) is 0 Å². The first kappa shape index (κ1) is 20.4. The fraction of sp³-hybridized carbons (Fsp3) is 0.750. The lowest BCUT2D eigenvalue weighted by Crippen LogP contribution is -2.56. The number of rotatable bonds is 6. The summed E-state index contributed by atoms with van der Waals surface area (Å²) in [5.41, 5.74) is 1.39. The zero-order valence-corrected chi connectivity index (χ0v) is 18.8. The van der Waals surface area contributed by atoms with Crippen molar-refractivity contribution >= 4 is 10.0 Å². The average molecular weight is 404 g/mol. The van der Waals surface area contributed by atoms with E-state index in [0.717, 1.165) is 36.2 Å². The van der Waals surface area contributed by atoms with E-state index >= 15 is 0 Å². The molecule has 1 aromatic carbocycles. The fourth-order valence-corrected chi connectivity index (χ4v) is 8.15. The maximum atomic E-state index is 13.3. The topological polar surface area (TPSA) is 46.2 Å². The Bertz CT molecular complexity index is 769. The first-order chi connectivity index (χ1) is 13.1. The number of hydrogen-bond acceptors (Lipinski definition) is 2. The normalized spacial score (nSPS) is 33.2. The van der Waals surface area contributed by atoms with Gasteiger partial charge in [-0.1, -0.05) is 46.2 Å². The van der Waals surface area contributed by atoms with Crippen LogP contribution in [0, 0.1) is 23.2 Å². The van der Waals surface area contributed by atoms with Gasteiger partial charge >= 0.3 is 0 Å². The van der Waals surface area contributed by atoms with Crippen molar-refractivity contribution in [2.75, 3.05) is 0 Å². The summed E-state index contributed by atoms with van der Waals surface area (Å²) in [7, 11) is -3.49. The number of hydrogen-bond donors (Lipinski definition) is 1. The van der Waals surface area contributed by atoms with Gasteiger partial charge in [0, 0.05) is 6.04 Å². The average Bonchev–Trinajstić information content (AvgIpc) is 2.59. The molecule has 1 N–H and O–H groups in total. The minimum Gasteiger partial charge on any atom is -0.208 e. The molecule has 4 heteroatoms. The van der Waals surface area contributed by atoms with Crippen molar-refractivity contribution < 1.29 is 8.42 Å². The molecule has 4 aliphatic rings. The molecule has 4 aliphatic carbocycles. The molecular weight excluding hydrogens is 366 g/mol. The van der Waals surface area contributed by atoms with Crippen LogP contribution < -0.4 is 4.72 Å². The van der Waals surface area contributed by atoms with Crippen LogP contribution in [-0.2, 0) is 15.4 Å². The Morgan fingerprint density at radius 2 is 1.50 bits per heavy atom. The van der Waals surface area contributed by atoms with Crippen molar-refractivity contribution in [1.82, 2.24) is 4.72 Å². The number of sulfonamides is 1. The second-order valence-corrected chi connectivity index (χ2v) is 12.7. The fourth-order valence-electron chi connectivity index (χ4n) is 6.77. The summed E-state index contributed by atoms with van der Waals surface area (Å²) < 4.78 is 29.7. The second kappa shape index (κ2) is 7.12. The highest BCUT2D eigenvalue weighted by Crippen LogP contribution is 2.61. The third kappa shape index (κ3) is 3.79. The molecule has 5 rings (SSSR count). The van der Waals surface area contributed by atoms with Crippen LogP contribution in [0.1, 0.15) is 84.6 Å². The number of benzene rings is 1. The smallest absolute Gasteiger partial charge is 0.208 e. The quantitative estimate of drug-likeness (QED) is 0.667. The Hall–Kier alpha value is -0.870. The third-order valence-corrected chi connectivity index (χ3v) is 9.22. The second-order valence-electron chi connectivity index (χ2n) is 11.0. The summed E-state index contributed by atoms with van der Waals surface area (Å²) in [5, 5.41) is 0. The van der Waals surface area contributed by atoms with Gasteiger partial charge in [-0.25, -0.2) is 13.1 Å². The predicted molar refractivity (Wildman–Crippen MR) is 115 cm³/mol. The predicted octanol–water partition coefficient (Wildman–Crippen LogP) is 5.65. The molecule has 0 amide bonds. The zero-order chi connectivity index (χ0) is 20.2. The molecule has 1 unspecified atom stereocenters. The van der Waals surface area contributed by atoms with Gasteiger partial charge in [0.05, 0.1) is 4.90 Å². The summed E-state index contributed by atoms with van der Waals surface area (Å²) in [4.78, 5) is 0.409. The summed E-state index contributed by atoms with van der Waals surface area (Å²) in [6, 6.07) is 7.58.